The molecule has 1 rings (SSSR count). The maximum absolute atomic E-state index is 11.9. The van der Waals surface area contributed by atoms with Crippen molar-refractivity contribution < 1.29 is 14.7 Å². The first-order chi connectivity index (χ1) is 9.19. The lowest BCUT2D eigenvalue weighted by molar-refractivity contribution is -0.142. The molecule has 0 aliphatic rings. The van der Waals surface area contributed by atoms with Crippen LogP contribution in [0.3, 0.4) is 0 Å². The van der Waals surface area contributed by atoms with Gasteiger partial charge in [-0.2, -0.15) is 0 Å². The minimum Gasteiger partial charge on any atom is -0.481 e. The van der Waals surface area contributed by atoms with E-state index in [1.54, 1.807) is 12.1 Å². The van der Waals surface area contributed by atoms with Crippen molar-refractivity contribution in [2.45, 2.75) is 27.2 Å². The summed E-state index contributed by atoms with van der Waals surface area (Å²) in [6.45, 7) is 6.05. The third-order valence-electron chi connectivity index (χ3n) is 2.71. The van der Waals surface area contributed by atoms with E-state index < -0.39 is 11.9 Å². The topological polar surface area (TPSA) is 79.3 Å². The molecule has 2 N–H and O–H groups in total. The smallest absolute Gasteiger partial charge is 0.308 e. The van der Waals surface area contributed by atoms with E-state index in [4.69, 9.17) is 0 Å². The number of hydrogen-bond acceptors (Lipinski definition) is 3. The van der Waals surface area contributed by atoms with Gasteiger partial charge in [0, 0.05) is 18.3 Å². The van der Waals surface area contributed by atoms with E-state index in [0.717, 1.165) is 0 Å². The van der Waals surface area contributed by atoms with Crippen LogP contribution in [0.1, 0.15) is 37.6 Å². The highest BCUT2D eigenvalue weighted by Crippen LogP contribution is 2.24. The first-order valence-corrected chi connectivity index (χ1v) is 7.11. The van der Waals surface area contributed by atoms with Gasteiger partial charge in [0.15, 0.2) is 0 Å². The van der Waals surface area contributed by atoms with E-state index in [0.29, 0.717) is 16.6 Å². The normalized spacial score (nSPS) is 12.8. The average molecular weight is 343 g/mol. The Morgan fingerprint density at radius 3 is 2.60 bits per heavy atom. The zero-order valence-electron chi connectivity index (χ0n) is 11.8. The molecule has 0 radical (unpaired) electrons. The number of rotatable bonds is 5. The van der Waals surface area contributed by atoms with Crippen molar-refractivity contribution in [1.29, 1.82) is 0 Å². The molecule has 0 aromatic carbocycles. The number of nitrogens with zero attached hydrogens (tertiary/aromatic N) is 1. The van der Waals surface area contributed by atoms with Gasteiger partial charge in [0.1, 0.15) is 4.60 Å². The average Bonchev–Trinajstić information content (AvgIpc) is 2.32. The van der Waals surface area contributed by atoms with E-state index in [-0.39, 0.29) is 17.9 Å². The molecule has 0 spiro atoms. The SMILES string of the molecule is CC(C)(C)CC(CNC(=O)c1ccnc(Br)c1)C(=O)O. The predicted octanol–water partition coefficient (Wildman–Crippen LogP) is 2.71. The summed E-state index contributed by atoms with van der Waals surface area (Å²) in [5.41, 5.74) is 0.347. The lowest BCUT2D eigenvalue weighted by Gasteiger charge is -2.23. The molecule has 6 heteroatoms. The molecule has 20 heavy (non-hydrogen) atoms. The molecule has 0 saturated heterocycles. The number of aliphatic carboxylic acids is 1. The van der Waals surface area contributed by atoms with Gasteiger partial charge in [-0.15, -0.1) is 0 Å². The molecule has 1 atom stereocenters. The van der Waals surface area contributed by atoms with Gasteiger partial charge < -0.3 is 10.4 Å². The standard InChI is InChI=1S/C14H19BrN2O3/c1-14(2,3)7-10(13(19)20)8-17-12(18)9-4-5-16-11(15)6-9/h4-6,10H,7-8H2,1-3H3,(H,17,18)(H,19,20). The highest BCUT2D eigenvalue weighted by molar-refractivity contribution is 9.10. The number of carbonyl (C=O) groups excluding carboxylic acids is 1. The van der Waals surface area contributed by atoms with Gasteiger partial charge in [0.05, 0.1) is 5.92 Å². The Balaban J connectivity index is 2.64. The van der Waals surface area contributed by atoms with Crippen LogP contribution in [0, 0.1) is 11.3 Å². The maximum atomic E-state index is 11.9. The van der Waals surface area contributed by atoms with Crippen LogP contribution in [0.15, 0.2) is 22.9 Å². The lowest BCUT2D eigenvalue weighted by Crippen LogP contribution is -2.35. The summed E-state index contributed by atoms with van der Waals surface area (Å²) >= 11 is 3.19. The number of carbonyl (C=O) groups is 2. The van der Waals surface area contributed by atoms with Crippen molar-refractivity contribution in [3.63, 3.8) is 0 Å². The van der Waals surface area contributed by atoms with Crippen molar-refractivity contribution in [2.24, 2.45) is 11.3 Å². The van der Waals surface area contributed by atoms with E-state index in [1.807, 2.05) is 20.8 Å². The second-order valence-electron chi connectivity index (χ2n) is 5.88. The molecule has 0 aliphatic carbocycles. The van der Waals surface area contributed by atoms with Crippen LogP contribution in [0.2, 0.25) is 0 Å². The Morgan fingerprint density at radius 1 is 1.45 bits per heavy atom. The number of carboxylic acids is 1. The molecule has 0 aliphatic heterocycles. The first kappa shape index (κ1) is 16.6. The number of halogens is 1. The number of carboxylic acid groups (broad SMARTS) is 1. The van der Waals surface area contributed by atoms with Crippen LogP contribution in [0.4, 0.5) is 0 Å². The molecule has 0 bridgehead atoms. The second-order valence-corrected chi connectivity index (χ2v) is 6.69. The molecule has 1 heterocycles. The first-order valence-electron chi connectivity index (χ1n) is 6.31. The summed E-state index contributed by atoms with van der Waals surface area (Å²) in [7, 11) is 0. The highest BCUT2D eigenvalue weighted by atomic mass is 79.9. The van der Waals surface area contributed by atoms with Crippen molar-refractivity contribution in [1.82, 2.24) is 10.3 Å². The van der Waals surface area contributed by atoms with E-state index in [9.17, 15) is 14.7 Å². The Bertz CT molecular complexity index is 497. The summed E-state index contributed by atoms with van der Waals surface area (Å²) in [4.78, 5) is 27.1. The Morgan fingerprint density at radius 2 is 2.10 bits per heavy atom. The second kappa shape index (κ2) is 6.83. The fraction of sp³-hybridized carbons (Fsp3) is 0.500. The number of pyridine rings is 1. The van der Waals surface area contributed by atoms with Crippen LogP contribution in [-0.2, 0) is 4.79 Å². The third kappa shape index (κ3) is 5.69. The molecule has 110 valence electrons. The summed E-state index contributed by atoms with van der Waals surface area (Å²) < 4.78 is 0.564. The van der Waals surface area contributed by atoms with E-state index in [2.05, 4.69) is 26.2 Å². The zero-order valence-corrected chi connectivity index (χ0v) is 13.4. The molecular weight excluding hydrogens is 324 g/mol. The summed E-state index contributed by atoms with van der Waals surface area (Å²) in [5.74, 6) is -1.78. The maximum Gasteiger partial charge on any atom is 0.308 e. The van der Waals surface area contributed by atoms with Crippen LogP contribution in [0.25, 0.3) is 0 Å². The largest absolute Gasteiger partial charge is 0.481 e. The van der Waals surface area contributed by atoms with Crippen molar-refractivity contribution >= 4 is 27.8 Å². The van der Waals surface area contributed by atoms with Crippen LogP contribution in [-0.4, -0.2) is 28.5 Å². The van der Waals surface area contributed by atoms with E-state index >= 15 is 0 Å². The quantitative estimate of drug-likeness (QED) is 0.806. The van der Waals surface area contributed by atoms with Gasteiger partial charge in [0.25, 0.3) is 5.91 Å². The van der Waals surface area contributed by atoms with Gasteiger partial charge in [-0.3, -0.25) is 9.59 Å². The summed E-state index contributed by atoms with van der Waals surface area (Å²) in [5, 5.41) is 11.9. The van der Waals surface area contributed by atoms with Crippen molar-refractivity contribution in [3.8, 4) is 0 Å². The van der Waals surface area contributed by atoms with Crippen LogP contribution in [0.5, 0.6) is 0 Å². The molecule has 0 fully saturated rings. The Kier molecular flexibility index (Phi) is 5.68. The number of hydrogen-bond donors (Lipinski definition) is 2. The molecular formula is C14H19BrN2O3. The molecule has 1 aromatic rings. The molecule has 1 amide bonds. The highest BCUT2D eigenvalue weighted by Gasteiger charge is 2.25. The summed E-state index contributed by atoms with van der Waals surface area (Å²) in [6, 6.07) is 3.18. The van der Waals surface area contributed by atoms with Gasteiger partial charge in [0.2, 0.25) is 0 Å². The number of amides is 1. The fourth-order valence-corrected chi connectivity index (χ4v) is 2.21. The fourth-order valence-electron chi connectivity index (χ4n) is 1.85. The third-order valence-corrected chi connectivity index (χ3v) is 3.14. The Labute approximate surface area is 126 Å². The van der Waals surface area contributed by atoms with Crippen LogP contribution >= 0.6 is 15.9 Å². The van der Waals surface area contributed by atoms with Crippen LogP contribution < -0.4 is 5.32 Å². The Hall–Kier alpha value is -1.43. The number of nitrogens with one attached hydrogen (secondary N) is 1. The van der Waals surface area contributed by atoms with Gasteiger partial charge >= 0.3 is 5.97 Å². The van der Waals surface area contributed by atoms with Crippen molar-refractivity contribution in [2.75, 3.05) is 6.54 Å². The van der Waals surface area contributed by atoms with Crippen molar-refractivity contribution in [3.05, 3.63) is 28.5 Å². The monoisotopic (exact) mass is 342 g/mol. The van der Waals surface area contributed by atoms with Gasteiger partial charge in [-0.05, 0) is 39.9 Å². The minimum absolute atomic E-state index is 0.104. The lowest BCUT2D eigenvalue weighted by atomic mass is 9.84. The van der Waals surface area contributed by atoms with Gasteiger partial charge in [-0.1, -0.05) is 20.8 Å². The summed E-state index contributed by atoms with van der Waals surface area (Å²) in [6.07, 6.45) is 2.02. The molecule has 1 aromatic heterocycles. The predicted molar refractivity (Wildman–Crippen MR) is 79.5 cm³/mol. The molecule has 5 nitrogen and oxygen atoms in total. The van der Waals surface area contributed by atoms with Gasteiger partial charge in [-0.25, -0.2) is 4.98 Å². The molecule has 1 unspecified atom stereocenters. The number of aromatic nitrogens is 1. The van der Waals surface area contributed by atoms with E-state index in [1.165, 1.54) is 6.20 Å². The zero-order chi connectivity index (χ0) is 15.3. The molecule has 0 saturated carbocycles. The minimum atomic E-state index is -0.892.